The summed E-state index contributed by atoms with van der Waals surface area (Å²) in [6, 6.07) is 0.532. The first-order valence-corrected chi connectivity index (χ1v) is 7.11. The molecule has 1 aliphatic rings. The minimum absolute atomic E-state index is 0.453. The molecule has 0 saturated heterocycles. The molecule has 18 heavy (non-hydrogen) atoms. The van der Waals surface area contributed by atoms with E-state index in [0.717, 1.165) is 24.6 Å². The first-order valence-electron chi connectivity index (χ1n) is 7.11. The van der Waals surface area contributed by atoms with Crippen molar-refractivity contribution in [2.24, 2.45) is 18.4 Å². The second kappa shape index (κ2) is 5.39. The molecule has 1 aliphatic carbocycles. The maximum Gasteiger partial charge on any atom is 0.0842 e. The molecule has 1 heterocycles. The van der Waals surface area contributed by atoms with Crippen LogP contribution in [0.3, 0.4) is 0 Å². The second-order valence-electron chi connectivity index (χ2n) is 6.24. The van der Waals surface area contributed by atoms with Gasteiger partial charge in [0.25, 0.3) is 0 Å². The number of nitrogens with zero attached hydrogens (tertiary/aromatic N) is 3. The molecule has 0 aliphatic heterocycles. The zero-order valence-corrected chi connectivity index (χ0v) is 12.1. The van der Waals surface area contributed by atoms with Crippen LogP contribution in [0.25, 0.3) is 0 Å². The summed E-state index contributed by atoms with van der Waals surface area (Å²) in [5.74, 6) is 0.749. The Labute approximate surface area is 110 Å². The van der Waals surface area contributed by atoms with Gasteiger partial charge in [-0.15, -0.1) is 5.10 Å². The molecule has 1 aromatic rings. The summed E-state index contributed by atoms with van der Waals surface area (Å²) in [4.78, 5) is 0. The Morgan fingerprint density at radius 3 is 2.83 bits per heavy atom. The largest absolute Gasteiger partial charge is 0.314 e. The molecule has 1 aromatic heterocycles. The molecule has 0 aromatic carbocycles. The highest BCUT2D eigenvalue weighted by Gasteiger charge is 2.39. The summed E-state index contributed by atoms with van der Waals surface area (Å²) in [6.45, 7) is 8.03. The quantitative estimate of drug-likeness (QED) is 0.871. The predicted octanol–water partition coefficient (Wildman–Crippen LogP) is 2.16. The van der Waals surface area contributed by atoms with Gasteiger partial charge >= 0.3 is 0 Å². The number of aryl methyl sites for hydroxylation is 1. The maximum atomic E-state index is 4.23. The molecule has 0 bridgehead atoms. The van der Waals surface area contributed by atoms with Crippen LogP contribution in [0.1, 0.15) is 45.7 Å². The first-order chi connectivity index (χ1) is 8.53. The van der Waals surface area contributed by atoms with E-state index >= 15 is 0 Å². The van der Waals surface area contributed by atoms with Crippen LogP contribution in [0.2, 0.25) is 0 Å². The fourth-order valence-electron chi connectivity index (χ4n) is 3.43. The summed E-state index contributed by atoms with van der Waals surface area (Å²) in [5, 5.41) is 11.9. The summed E-state index contributed by atoms with van der Waals surface area (Å²) in [5.41, 5.74) is 1.56. The Bertz CT molecular complexity index is 383. The van der Waals surface area contributed by atoms with Gasteiger partial charge in [0.15, 0.2) is 0 Å². The summed E-state index contributed by atoms with van der Waals surface area (Å²) < 4.78 is 1.79. The molecule has 0 amide bonds. The molecule has 4 heteroatoms. The van der Waals surface area contributed by atoms with E-state index in [2.05, 4.69) is 36.4 Å². The topological polar surface area (TPSA) is 42.7 Å². The van der Waals surface area contributed by atoms with Crippen molar-refractivity contribution in [3.63, 3.8) is 0 Å². The van der Waals surface area contributed by atoms with E-state index in [-0.39, 0.29) is 0 Å². The van der Waals surface area contributed by atoms with Gasteiger partial charge in [-0.05, 0) is 30.7 Å². The van der Waals surface area contributed by atoms with Gasteiger partial charge in [0, 0.05) is 25.7 Å². The smallest absolute Gasteiger partial charge is 0.0842 e. The third-order valence-corrected chi connectivity index (χ3v) is 4.37. The normalized spacial score (nSPS) is 24.3. The molecule has 2 unspecified atom stereocenters. The van der Waals surface area contributed by atoms with Crippen molar-refractivity contribution in [3.8, 4) is 0 Å². The number of likely N-dealkylation sites (N-methyl/N-ethyl adjacent to an activating group) is 1. The Morgan fingerprint density at radius 2 is 2.33 bits per heavy atom. The minimum atomic E-state index is 0.453. The van der Waals surface area contributed by atoms with Gasteiger partial charge in [-0.1, -0.05) is 32.4 Å². The van der Waals surface area contributed by atoms with Gasteiger partial charge in [0.05, 0.1) is 5.69 Å². The molecule has 1 N–H and O–H groups in total. The predicted molar refractivity (Wildman–Crippen MR) is 73.3 cm³/mol. The van der Waals surface area contributed by atoms with Crippen LogP contribution in [0, 0.1) is 11.3 Å². The van der Waals surface area contributed by atoms with E-state index in [9.17, 15) is 0 Å². The van der Waals surface area contributed by atoms with Crippen LogP contribution in [0.4, 0.5) is 0 Å². The average Bonchev–Trinajstić information content (AvgIpc) is 2.84. The number of aromatic nitrogens is 3. The number of hydrogen-bond acceptors (Lipinski definition) is 3. The van der Waals surface area contributed by atoms with Gasteiger partial charge in [0.1, 0.15) is 0 Å². The molecular formula is C14H26N4. The Morgan fingerprint density at radius 1 is 1.56 bits per heavy atom. The van der Waals surface area contributed by atoms with Gasteiger partial charge in [-0.2, -0.15) is 0 Å². The fraction of sp³-hybridized carbons (Fsp3) is 0.857. The van der Waals surface area contributed by atoms with Crippen molar-refractivity contribution in [2.45, 2.75) is 52.5 Å². The fourth-order valence-corrected chi connectivity index (χ4v) is 3.43. The molecule has 1 saturated carbocycles. The van der Waals surface area contributed by atoms with E-state index in [1.165, 1.54) is 19.3 Å². The number of nitrogens with one attached hydrogen (secondary N) is 1. The van der Waals surface area contributed by atoms with Crippen molar-refractivity contribution in [1.29, 1.82) is 0 Å². The molecule has 102 valence electrons. The van der Waals surface area contributed by atoms with E-state index in [4.69, 9.17) is 0 Å². The van der Waals surface area contributed by atoms with E-state index in [1.807, 2.05) is 13.2 Å². The van der Waals surface area contributed by atoms with Gasteiger partial charge < -0.3 is 5.32 Å². The average molecular weight is 250 g/mol. The molecule has 2 atom stereocenters. The highest BCUT2D eigenvalue weighted by Crippen LogP contribution is 2.44. The Kier molecular flexibility index (Phi) is 4.05. The van der Waals surface area contributed by atoms with Gasteiger partial charge in [-0.25, -0.2) is 0 Å². The number of hydrogen-bond donors (Lipinski definition) is 1. The zero-order valence-electron chi connectivity index (χ0n) is 12.1. The van der Waals surface area contributed by atoms with Crippen molar-refractivity contribution in [3.05, 3.63) is 11.9 Å². The van der Waals surface area contributed by atoms with Crippen LogP contribution in [0.5, 0.6) is 0 Å². The third-order valence-electron chi connectivity index (χ3n) is 4.37. The summed E-state index contributed by atoms with van der Waals surface area (Å²) >= 11 is 0. The second-order valence-corrected chi connectivity index (χ2v) is 6.24. The molecule has 0 spiro atoms. The van der Waals surface area contributed by atoms with E-state index in [0.29, 0.717) is 11.5 Å². The molecule has 2 rings (SSSR count). The monoisotopic (exact) mass is 250 g/mol. The lowest BCUT2D eigenvalue weighted by Gasteiger charge is -2.34. The van der Waals surface area contributed by atoms with Gasteiger partial charge in [-0.3, -0.25) is 4.68 Å². The van der Waals surface area contributed by atoms with Crippen LogP contribution in [0.15, 0.2) is 6.20 Å². The van der Waals surface area contributed by atoms with Crippen LogP contribution in [-0.2, 0) is 13.5 Å². The number of rotatable bonds is 5. The molecule has 4 nitrogen and oxygen atoms in total. The van der Waals surface area contributed by atoms with Crippen LogP contribution >= 0.6 is 0 Å². The Hall–Kier alpha value is -0.900. The maximum absolute atomic E-state index is 4.23. The lowest BCUT2D eigenvalue weighted by Crippen LogP contribution is -2.42. The van der Waals surface area contributed by atoms with Crippen molar-refractivity contribution >= 4 is 0 Å². The SMILES string of the molecule is CCNC(Cc1cn(C)nn1)C1CCCC1(C)C. The molecule has 1 fully saturated rings. The Balaban J connectivity index is 2.08. The van der Waals surface area contributed by atoms with Gasteiger partial charge in [0.2, 0.25) is 0 Å². The minimum Gasteiger partial charge on any atom is -0.314 e. The highest BCUT2D eigenvalue weighted by atomic mass is 15.4. The molecular weight excluding hydrogens is 224 g/mol. The van der Waals surface area contributed by atoms with Crippen molar-refractivity contribution in [1.82, 2.24) is 20.3 Å². The first kappa shape index (κ1) is 13.5. The summed E-state index contributed by atoms with van der Waals surface area (Å²) in [7, 11) is 1.93. The zero-order chi connectivity index (χ0) is 13.2. The van der Waals surface area contributed by atoms with Crippen molar-refractivity contribution < 1.29 is 0 Å². The van der Waals surface area contributed by atoms with E-state index < -0.39 is 0 Å². The standard InChI is InChI=1S/C14H26N4/c1-5-15-13(9-11-10-18(4)17-16-11)12-7-6-8-14(12,2)3/h10,12-13,15H,5-9H2,1-4H3. The van der Waals surface area contributed by atoms with Crippen LogP contribution in [-0.4, -0.2) is 27.6 Å². The summed E-state index contributed by atoms with van der Waals surface area (Å²) in [6.07, 6.45) is 7.08. The van der Waals surface area contributed by atoms with E-state index in [1.54, 1.807) is 4.68 Å². The highest BCUT2D eigenvalue weighted by molar-refractivity contribution is 5.01. The van der Waals surface area contributed by atoms with Crippen LogP contribution < -0.4 is 5.32 Å². The van der Waals surface area contributed by atoms with Crippen molar-refractivity contribution in [2.75, 3.05) is 6.54 Å². The molecule has 0 radical (unpaired) electrons. The lowest BCUT2D eigenvalue weighted by atomic mass is 9.76. The lowest BCUT2D eigenvalue weighted by molar-refractivity contribution is 0.196. The third kappa shape index (κ3) is 2.91.